The molecule has 2 aromatic carbocycles. The van der Waals surface area contributed by atoms with Crippen LogP contribution in [0.15, 0.2) is 36.4 Å². The largest absolute Gasteiger partial charge is 0.418 e. The average Bonchev–Trinajstić information content (AvgIpc) is 2.44. The first kappa shape index (κ1) is 22.5. The van der Waals surface area contributed by atoms with Crippen LogP contribution < -0.4 is 11.5 Å². The average molecular weight is 418 g/mol. The van der Waals surface area contributed by atoms with Crippen LogP contribution in [0, 0.1) is 0 Å². The minimum atomic E-state index is -4.69. The van der Waals surface area contributed by atoms with E-state index in [0.29, 0.717) is 12.1 Å². The Bertz CT molecular complexity index is 857. The molecule has 2 aromatic rings. The minimum absolute atomic E-state index is 0.0352. The second-order valence-corrected chi connectivity index (χ2v) is 5.94. The van der Waals surface area contributed by atoms with Gasteiger partial charge in [0.15, 0.2) is 0 Å². The molecule has 150 valence electrons. The Labute approximate surface area is 149 Å². The normalized spacial score (nSPS) is 12.3. The highest BCUT2D eigenvalue weighted by atomic mass is 32.3. The first-order valence-corrected chi connectivity index (χ1v) is 8.03. The van der Waals surface area contributed by atoms with E-state index in [2.05, 4.69) is 0 Å². The molecule has 0 aliphatic heterocycles. The Morgan fingerprint density at radius 2 is 0.963 bits per heavy atom. The van der Waals surface area contributed by atoms with Crippen LogP contribution in [-0.4, -0.2) is 17.5 Å². The molecule has 13 heteroatoms. The van der Waals surface area contributed by atoms with Gasteiger partial charge >= 0.3 is 22.8 Å². The van der Waals surface area contributed by atoms with Gasteiger partial charge in [0.25, 0.3) is 0 Å². The fourth-order valence-electron chi connectivity index (χ4n) is 1.96. The molecule has 0 spiro atoms. The van der Waals surface area contributed by atoms with Crippen LogP contribution in [0.4, 0.5) is 37.7 Å². The highest BCUT2D eigenvalue weighted by molar-refractivity contribution is 7.79. The second kappa shape index (κ2) is 7.62. The maximum atomic E-state index is 12.8. The van der Waals surface area contributed by atoms with Crippen LogP contribution in [0.25, 0.3) is 11.1 Å². The van der Waals surface area contributed by atoms with E-state index in [-0.39, 0.29) is 11.1 Å². The van der Waals surface area contributed by atoms with Crippen molar-refractivity contribution in [1.29, 1.82) is 0 Å². The van der Waals surface area contributed by atoms with Gasteiger partial charge < -0.3 is 11.5 Å². The zero-order valence-corrected chi connectivity index (χ0v) is 13.8. The lowest BCUT2D eigenvalue weighted by Gasteiger charge is -2.14. The zero-order chi connectivity index (χ0) is 21.2. The van der Waals surface area contributed by atoms with Gasteiger partial charge in [0.2, 0.25) is 0 Å². The van der Waals surface area contributed by atoms with Crippen molar-refractivity contribution in [3.8, 4) is 11.1 Å². The number of halogens is 6. The third-order valence-electron chi connectivity index (χ3n) is 3.05. The first-order chi connectivity index (χ1) is 12.0. The summed E-state index contributed by atoms with van der Waals surface area (Å²) in [5, 5.41) is 0. The lowest BCUT2D eigenvalue weighted by Crippen LogP contribution is -2.10. The van der Waals surface area contributed by atoms with Crippen LogP contribution in [0.5, 0.6) is 0 Å². The van der Waals surface area contributed by atoms with E-state index in [1.54, 1.807) is 0 Å². The summed E-state index contributed by atoms with van der Waals surface area (Å²) in [6.45, 7) is 0. The third-order valence-corrected chi connectivity index (χ3v) is 3.05. The summed E-state index contributed by atoms with van der Waals surface area (Å²) >= 11 is 0. The molecule has 0 saturated carbocycles. The number of rotatable bonds is 1. The van der Waals surface area contributed by atoms with Crippen LogP contribution in [-0.2, 0) is 22.8 Å². The van der Waals surface area contributed by atoms with Gasteiger partial charge in [0, 0.05) is 11.4 Å². The molecule has 0 aliphatic rings. The first-order valence-electron chi connectivity index (χ1n) is 6.64. The van der Waals surface area contributed by atoms with Gasteiger partial charge in [0.1, 0.15) is 0 Å². The molecule has 0 atom stereocenters. The van der Waals surface area contributed by atoms with Crippen molar-refractivity contribution in [2.45, 2.75) is 12.4 Å². The Kier molecular flexibility index (Phi) is 6.36. The lowest BCUT2D eigenvalue weighted by atomic mass is 9.99. The maximum Gasteiger partial charge on any atom is 0.418 e. The Hall–Kier alpha value is -2.51. The molecule has 0 amide bonds. The summed E-state index contributed by atoms with van der Waals surface area (Å²) in [4.78, 5) is 0. The molecule has 0 saturated heterocycles. The molecule has 2 rings (SSSR count). The van der Waals surface area contributed by atoms with Crippen molar-refractivity contribution in [3.05, 3.63) is 47.5 Å². The van der Waals surface area contributed by atoms with Crippen molar-refractivity contribution >= 4 is 21.8 Å². The number of hydrogen-bond donors (Lipinski definition) is 4. The molecule has 0 heterocycles. The molecule has 0 fully saturated rings. The summed E-state index contributed by atoms with van der Waals surface area (Å²) in [5.41, 5.74) is 7.25. The van der Waals surface area contributed by atoms with E-state index in [9.17, 15) is 26.3 Å². The van der Waals surface area contributed by atoms with Gasteiger partial charge in [-0.2, -0.15) is 34.8 Å². The fourth-order valence-corrected chi connectivity index (χ4v) is 1.96. The van der Waals surface area contributed by atoms with Crippen LogP contribution in [0.1, 0.15) is 11.1 Å². The number of anilines is 2. The molecule has 0 aliphatic carbocycles. The molecule has 0 unspecified atom stereocenters. The monoisotopic (exact) mass is 418 g/mol. The molecular weight excluding hydrogens is 406 g/mol. The fraction of sp³-hybridized carbons (Fsp3) is 0.143. The predicted octanol–water partition coefficient (Wildman–Crippen LogP) is 3.90. The van der Waals surface area contributed by atoms with Crippen molar-refractivity contribution in [1.82, 2.24) is 0 Å². The van der Waals surface area contributed by atoms with Crippen molar-refractivity contribution in [3.63, 3.8) is 0 Å². The SMILES string of the molecule is Nc1ccc(-c2ccc(N)c(C(F)(F)F)c2)cc1C(F)(F)F.O=S(=O)(O)O. The molecular formula is C14H12F6N2O4S. The Balaban J connectivity index is 0.000000646. The van der Waals surface area contributed by atoms with E-state index in [1.165, 1.54) is 12.1 Å². The topological polar surface area (TPSA) is 127 Å². The van der Waals surface area contributed by atoms with Gasteiger partial charge in [-0.3, -0.25) is 9.11 Å². The van der Waals surface area contributed by atoms with Crippen molar-refractivity contribution in [2.75, 3.05) is 11.5 Å². The zero-order valence-electron chi connectivity index (χ0n) is 13.0. The van der Waals surface area contributed by atoms with Crippen LogP contribution in [0.3, 0.4) is 0 Å². The summed E-state index contributed by atoms with van der Waals surface area (Å²) in [6, 6.07) is 5.86. The number of alkyl halides is 6. The van der Waals surface area contributed by atoms with E-state index in [1.807, 2.05) is 0 Å². The van der Waals surface area contributed by atoms with Crippen LogP contribution in [0.2, 0.25) is 0 Å². The van der Waals surface area contributed by atoms with Crippen molar-refractivity contribution in [2.24, 2.45) is 0 Å². The summed E-state index contributed by atoms with van der Waals surface area (Å²) in [7, 11) is -4.67. The predicted molar refractivity (Wildman–Crippen MR) is 84.9 cm³/mol. The Morgan fingerprint density at radius 3 is 1.19 bits per heavy atom. The highest BCUT2D eigenvalue weighted by Crippen LogP contribution is 2.39. The highest BCUT2D eigenvalue weighted by Gasteiger charge is 2.35. The smallest absolute Gasteiger partial charge is 0.398 e. The third kappa shape index (κ3) is 6.96. The van der Waals surface area contributed by atoms with Gasteiger partial charge in [-0.1, -0.05) is 12.1 Å². The number of hydrogen-bond acceptors (Lipinski definition) is 4. The van der Waals surface area contributed by atoms with Crippen LogP contribution >= 0.6 is 0 Å². The number of benzene rings is 2. The van der Waals surface area contributed by atoms with E-state index in [4.69, 9.17) is 29.0 Å². The number of nitrogen functional groups attached to an aromatic ring is 2. The molecule has 0 radical (unpaired) electrons. The lowest BCUT2D eigenvalue weighted by molar-refractivity contribution is -0.137. The minimum Gasteiger partial charge on any atom is -0.398 e. The van der Waals surface area contributed by atoms with E-state index in [0.717, 1.165) is 12.1 Å². The van der Waals surface area contributed by atoms with E-state index < -0.39 is 45.3 Å². The molecule has 6 nitrogen and oxygen atoms in total. The van der Waals surface area contributed by atoms with Gasteiger partial charge in [-0.25, -0.2) is 0 Å². The standard InChI is InChI=1S/C14H10F6N2.H2O4S/c15-13(16,17)9-5-7(1-3-11(9)21)8-2-4-12(22)10(6-8)14(18,19)20;1-5(2,3)4/h1-6H,21-22H2;(H2,1,2,3,4). The van der Waals surface area contributed by atoms with Crippen molar-refractivity contribution < 1.29 is 43.9 Å². The molecule has 27 heavy (non-hydrogen) atoms. The van der Waals surface area contributed by atoms with E-state index >= 15 is 0 Å². The Morgan fingerprint density at radius 1 is 0.704 bits per heavy atom. The maximum absolute atomic E-state index is 12.8. The number of nitrogens with two attached hydrogens (primary N) is 2. The molecule has 0 bridgehead atoms. The summed E-state index contributed by atoms with van der Waals surface area (Å²) < 4.78 is 108. The molecule has 6 N–H and O–H groups in total. The summed E-state index contributed by atoms with van der Waals surface area (Å²) in [6.07, 6.45) is -9.39. The van der Waals surface area contributed by atoms with Gasteiger partial charge in [-0.15, -0.1) is 0 Å². The molecule has 0 aromatic heterocycles. The quantitative estimate of drug-likeness (QED) is 0.316. The van der Waals surface area contributed by atoms with Gasteiger partial charge in [-0.05, 0) is 35.4 Å². The van der Waals surface area contributed by atoms with Gasteiger partial charge in [0.05, 0.1) is 11.1 Å². The second-order valence-electron chi connectivity index (χ2n) is 5.05. The summed E-state index contributed by atoms with van der Waals surface area (Å²) in [5.74, 6) is 0.